The van der Waals surface area contributed by atoms with Crippen LogP contribution in [-0.2, 0) is 18.0 Å². The molecular weight excluding hydrogens is 664 g/mol. The Kier molecular flexibility index (Phi) is 9.92. The zero-order chi connectivity index (χ0) is 34.3. The molecule has 0 spiro atoms. The zero-order valence-electron chi connectivity index (χ0n) is 26.8. The van der Waals surface area contributed by atoms with E-state index in [9.17, 15) is 9.90 Å². The highest BCUT2D eigenvalue weighted by Crippen LogP contribution is 2.46. The van der Waals surface area contributed by atoms with Gasteiger partial charge in [0.25, 0.3) is 0 Å². The minimum absolute atomic E-state index is 0.312. The van der Waals surface area contributed by atoms with E-state index < -0.39 is 5.97 Å². The second-order valence-electron chi connectivity index (χ2n) is 11.5. The fourth-order valence-corrected chi connectivity index (χ4v) is 6.65. The number of hydrogen-bond acceptors (Lipinski definition) is 5. The average molecular weight is 695 g/mol. The van der Waals surface area contributed by atoms with Crippen molar-refractivity contribution in [3.05, 3.63) is 173 Å². The molecule has 246 valence electrons. The molecule has 0 aliphatic heterocycles. The summed E-state index contributed by atoms with van der Waals surface area (Å²) in [5.74, 6) is 1.14. The second kappa shape index (κ2) is 15.2. The number of thiophene rings is 1. The highest BCUT2D eigenvalue weighted by Gasteiger charge is 2.19. The maximum Gasteiger partial charge on any atom is 0.328 e. The molecule has 1 heterocycles. The van der Waals surface area contributed by atoms with Crippen LogP contribution in [0.5, 0.6) is 23.0 Å². The molecule has 0 aliphatic rings. The molecule has 1 N–H and O–H groups in total. The summed E-state index contributed by atoms with van der Waals surface area (Å²) in [4.78, 5) is 12.1. The summed E-state index contributed by atoms with van der Waals surface area (Å²) < 4.78 is 20.1. The van der Waals surface area contributed by atoms with Gasteiger partial charge in [0.2, 0.25) is 0 Å². The summed E-state index contributed by atoms with van der Waals surface area (Å²) in [5, 5.41) is 10.7. The first kappa shape index (κ1) is 32.7. The smallest absolute Gasteiger partial charge is 0.328 e. The van der Waals surface area contributed by atoms with Crippen LogP contribution in [-0.4, -0.2) is 11.1 Å². The van der Waals surface area contributed by atoms with Crippen LogP contribution >= 0.6 is 22.9 Å². The molecule has 1 aromatic heterocycles. The maximum absolute atomic E-state index is 11.5. The van der Waals surface area contributed by atoms with Crippen molar-refractivity contribution in [2.75, 3.05) is 0 Å². The Morgan fingerprint density at radius 2 is 1.14 bits per heavy atom. The van der Waals surface area contributed by atoms with E-state index in [0.717, 1.165) is 49.5 Å². The normalized spacial score (nSPS) is 11.1. The van der Waals surface area contributed by atoms with Crippen molar-refractivity contribution in [1.29, 1.82) is 0 Å². The van der Waals surface area contributed by atoms with Gasteiger partial charge in [0.05, 0.1) is 4.88 Å². The molecule has 0 aliphatic carbocycles. The van der Waals surface area contributed by atoms with Gasteiger partial charge in [-0.3, -0.25) is 0 Å². The van der Waals surface area contributed by atoms with Crippen LogP contribution in [0.1, 0.15) is 16.0 Å². The molecule has 50 heavy (non-hydrogen) atoms. The molecule has 0 radical (unpaired) electrons. The average Bonchev–Trinajstić information content (AvgIpc) is 3.49. The second-order valence-corrected chi connectivity index (χ2v) is 13.0. The lowest BCUT2D eigenvalue weighted by Gasteiger charge is -2.15. The number of carbonyl (C=O) groups is 1. The van der Waals surface area contributed by atoms with E-state index in [1.807, 2.05) is 48.5 Å². The molecule has 0 saturated heterocycles. The van der Waals surface area contributed by atoms with Crippen molar-refractivity contribution in [2.45, 2.75) is 13.2 Å². The van der Waals surface area contributed by atoms with Crippen molar-refractivity contribution < 1.29 is 24.1 Å². The van der Waals surface area contributed by atoms with Gasteiger partial charge in [-0.05, 0) is 69.8 Å². The van der Waals surface area contributed by atoms with Crippen molar-refractivity contribution >= 4 is 45.1 Å². The fraction of sp³-hybridized carbons (Fsp3) is 0.0465. The molecule has 7 rings (SSSR count). The standard InChI is InChI=1S/C43H31ClO5S/c44-35-19-21-36(22-20-35)49-43-37-25-38(47-27-29-11-15-33(16-12-29)31-7-3-1-4-8-31)39(26-41(37)50-40(43)23-24-42(45)46)48-28-30-13-17-34(18-14-30)32-9-5-2-6-10-32/h1-26H,27-28H2,(H,45,46). The summed E-state index contributed by atoms with van der Waals surface area (Å²) in [7, 11) is 0. The SMILES string of the molecule is O=C(O)C=Cc1sc2cc(OCc3ccc(-c4ccccc4)cc3)c(OCc3ccc(-c4ccccc4)cc3)cc2c1Oc1ccc(Cl)cc1. The van der Waals surface area contributed by atoms with Gasteiger partial charge in [-0.1, -0.05) is 121 Å². The number of rotatable bonds is 12. The number of hydrogen-bond donors (Lipinski definition) is 1. The number of carboxylic acids is 1. The van der Waals surface area contributed by atoms with E-state index >= 15 is 0 Å². The number of benzene rings is 6. The van der Waals surface area contributed by atoms with Gasteiger partial charge in [-0.15, -0.1) is 11.3 Å². The van der Waals surface area contributed by atoms with Gasteiger partial charge in [0.15, 0.2) is 17.2 Å². The summed E-state index contributed by atoms with van der Waals surface area (Å²) >= 11 is 7.53. The first-order valence-corrected chi connectivity index (χ1v) is 17.2. The maximum atomic E-state index is 11.5. The largest absolute Gasteiger partial charge is 0.485 e. The molecule has 0 unspecified atom stereocenters. The van der Waals surface area contributed by atoms with Crippen molar-refractivity contribution in [1.82, 2.24) is 0 Å². The Morgan fingerprint density at radius 3 is 1.66 bits per heavy atom. The number of carboxylic acid groups (broad SMARTS) is 1. The van der Waals surface area contributed by atoms with Crippen molar-refractivity contribution in [2.24, 2.45) is 0 Å². The third kappa shape index (κ3) is 7.90. The topological polar surface area (TPSA) is 65.0 Å². The number of halogens is 1. The number of fused-ring (bicyclic) bond motifs is 1. The third-order valence-electron chi connectivity index (χ3n) is 8.06. The molecule has 5 nitrogen and oxygen atoms in total. The fourth-order valence-electron chi connectivity index (χ4n) is 5.48. The Bertz CT molecular complexity index is 2240. The van der Waals surface area contributed by atoms with E-state index in [0.29, 0.717) is 46.1 Å². The van der Waals surface area contributed by atoms with E-state index in [4.69, 9.17) is 25.8 Å². The van der Waals surface area contributed by atoms with E-state index in [-0.39, 0.29) is 0 Å². The summed E-state index contributed by atoms with van der Waals surface area (Å²) in [5.41, 5.74) is 6.57. The van der Waals surface area contributed by atoms with Crippen LogP contribution in [0.15, 0.2) is 152 Å². The predicted molar refractivity (Wildman–Crippen MR) is 202 cm³/mol. The minimum Gasteiger partial charge on any atom is -0.485 e. The van der Waals surface area contributed by atoms with Gasteiger partial charge in [-0.2, -0.15) is 0 Å². The Balaban J connectivity index is 1.21. The summed E-state index contributed by atoms with van der Waals surface area (Å²) in [6, 6.07) is 48.0. The van der Waals surface area contributed by atoms with Crippen LogP contribution in [0, 0.1) is 0 Å². The Morgan fingerprint density at radius 1 is 0.640 bits per heavy atom. The summed E-state index contributed by atoms with van der Waals surface area (Å²) in [6.07, 6.45) is 2.65. The first-order valence-electron chi connectivity index (χ1n) is 16.0. The van der Waals surface area contributed by atoms with Crippen molar-refractivity contribution in [3.63, 3.8) is 0 Å². The van der Waals surface area contributed by atoms with Gasteiger partial charge >= 0.3 is 5.97 Å². The molecule has 7 heteroatoms. The van der Waals surface area contributed by atoms with Crippen LogP contribution in [0.3, 0.4) is 0 Å². The van der Waals surface area contributed by atoms with Gasteiger partial charge in [-0.25, -0.2) is 4.79 Å². The molecule has 7 aromatic rings. The zero-order valence-corrected chi connectivity index (χ0v) is 28.4. The third-order valence-corrected chi connectivity index (χ3v) is 9.41. The van der Waals surface area contributed by atoms with E-state index in [1.54, 1.807) is 30.3 Å². The van der Waals surface area contributed by atoms with Crippen LogP contribution in [0.4, 0.5) is 0 Å². The number of aliphatic carboxylic acids is 1. The minimum atomic E-state index is -1.05. The van der Waals surface area contributed by atoms with Crippen LogP contribution in [0.25, 0.3) is 38.4 Å². The highest BCUT2D eigenvalue weighted by molar-refractivity contribution is 7.20. The van der Waals surface area contributed by atoms with Gasteiger partial charge in [0.1, 0.15) is 19.0 Å². The van der Waals surface area contributed by atoms with E-state index in [1.165, 1.54) is 11.3 Å². The van der Waals surface area contributed by atoms with Crippen LogP contribution < -0.4 is 14.2 Å². The molecule has 0 saturated carbocycles. The molecule has 0 fully saturated rings. The Labute approximate surface area is 299 Å². The van der Waals surface area contributed by atoms with Crippen molar-refractivity contribution in [3.8, 4) is 45.3 Å². The molecule has 6 aromatic carbocycles. The summed E-state index contributed by atoms with van der Waals surface area (Å²) in [6.45, 7) is 0.639. The quantitative estimate of drug-likeness (QED) is 0.129. The molecule has 0 amide bonds. The van der Waals surface area contributed by atoms with E-state index in [2.05, 4.69) is 72.8 Å². The molecule has 0 bridgehead atoms. The lowest BCUT2D eigenvalue weighted by molar-refractivity contribution is -0.131. The predicted octanol–water partition coefficient (Wildman–Crippen LogP) is 11.9. The highest BCUT2D eigenvalue weighted by atomic mass is 35.5. The van der Waals surface area contributed by atoms with Gasteiger partial charge < -0.3 is 19.3 Å². The monoisotopic (exact) mass is 694 g/mol. The van der Waals surface area contributed by atoms with Gasteiger partial charge in [0, 0.05) is 27.3 Å². The molecule has 0 atom stereocenters. The molecular formula is C43H31ClO5S. The van der Waals surface area contributed by atoms with Crippen LogP contribution in [0.2, 0.25) is 5.02 Å². The lowest BCUT2D eigenvalue weighted by atomic mass is 10.0. The number of ether oxygens (including phenoxy) is 3. The Hall–Kier alpha value is -5.82. The lowest BCUT2D eigenvalue weighted by Crippen LogP contribution is -2.01. The first-order chi connectivity index (χ1) is 24.5.